The van der Waals surface area contributed by atoms with E-state index in [0.29, 0.717) is 10.7 Å². The van der Waals surface area contributed by atoms with E-state index in [4.69, 9.17) is 4.74 Å². The predicted molar refractivity (Wildman–Crippen MR) is 73.6 cm³/mol. The van der Waals surface area contributed by atoms with Crippen LogP contribution in [0.2, 0.25) is 0 Å². The summed E-state index contributed by atoms with van der Waals surface area (Å²) in [6, 6.07) is 8.42. The summed E-state index contributed by atoms with van der Waals surface area (Å²) in [4.78, 5) is 0.553. The van der Waals surface area contributed by atoms with E-state index in [-0.39, 0.29) is 6.10 Å². The van der Waals surface area contributed by atoms with Crippen molar-refractivity contribution in [3.63, 3.8) is 0 Å². The number of benzene rings is 1. The van der Waals surface area contributed by atoms with Crippen molar-refractivity contribution < 1.29 is 4.74 Å². The molecule has 0 spiro atoms. The van der Waals surface area contributed by atoms with Crippen molar-refractivity contribution in [3.05, 3.63) is 29.8 Å². The van der Waals surface area contributed by atoms with Crippen LogP contribution in [0.3, 0.4) is 0 Å². The standard InChI is InChI=1S/C14H21BrO/c1-10(2)16-14-7-5-6-13(9-14)11(3)8-12(4)15/h5-7,9-12H,8H2,1-4H3. The molecule has 0 fully saturated rings. The third kappa shape index (κ3) is 4.56. The average molecular weight is 285 g/mol. The lowest BCUT2D eigenvalue weighted by atomic mass is 9.96. The SMILES string of the molecule is CC(Br)CC(C)c1cccc(OC(C)C)c1. The van der Waals surface area contributed by atoms with Crippen molar-refractivity contribution in [1.29, 1.82) is 0 Å². The van der Waals surface area contributed by atoms with Crippen LogP contribution in [0.15, 0.2) is 24.3 Å². The van der Waals surface area contributed by atoms with Gasteiger partial charge in [-0.05, 0) is 43.9 Å². The summed E-state index contributed by atoms with van der Waals surface area (Å²) in [5.41, 5.74) is 1.35. The highest BCUT2D eigenvalue weighted by atomic mass is 79.9. The second kappa shape index (κ2) is 6.29. The first kappa shape index (κ1) is 13.6. The van der Waals surface area contributed by atoms with Gasteiger partial charge in [0.05, 0.1) is 6.10 Å². The summed E-state index contributed by atoms with van der Waals surface area (Å²) >= 11 is 3.60. The van der Waals surface area contributed by atoms with E-state index in [2.05, 4.69) is 61.8 Å². The molecule has 0 aliphatic heterocycles. The molecule has 0 amide bonds. The molecule has 1 aromatic rings. The molecule has 1 nitrogen and oxygen atoms in total. The van der Waals surface area contributed by atoms with Crippen molar-refractivity contribution in [2.24, 2.45) is 0 Å². The molecule has 0 aliphatic rings. The smallest absolute Gasteiger partial charge is 0.119 e. The van der Waals surface area contributed by atoms with Crippen molar-refractivity contribution in [2.75, 3.05) is 0 Å². The highest BCUT2D eigenvalue weighted by Crippen LogP contribution is 2.26. The first-order chi connectivity index (χ1) is 7.49. The van der Waals surface area contributed by atoms with Crippen LogP contribution >= 0.6 is 15.9 Å². The molecule has 0 radical (unpaired) electrons. The second-order valence-corrected chi connectivity index (χ2v) is 6.22. The molecular formula is C14H21BrO. The van der Waals surface area contributed by atoms with Gasteiger partial charge in [-0.2, -0.15) is 0 Å². The fourth-order valence-electron chi connectivity index (χ4n) is 1.79. The lowest BCUT2D eigenvalue weighted by Gasteiger charge is -2.16. The van der Waals surface area contributed by atoms with Gasteiger partial charge in [-0.25, -0.2) is 0 Å². The third-order valence-electron chi connectivity index (χ3n) is 2.48. The van der Waals surface area contributed by atoms with Gasteiger partial charge in [0.15, 0.2) is 0 Å². The van der Waals surface area contributed by atoms with E-state index >= 15 is 0 Å². The number of rotatable bonds is 5. The van der Waals surface area contributed by atoms with Crippen LogP contribution in [0.25, 0.3) is 0 Å². The Morgan fingerprint density at radius 1 is 1.19 bits per heavy atom. The van der Waals surface area contributed by atoms with Crippen LogP contribution in [-0.2, 0) is 0 Å². The van der Waals surface area contributed by atoms with E-state index in [1.165, 1.54) is 5.56 Å². The number of alkyl halides is 1. The van der Waals surface area contributed by atoms with Crippen molar-refractivity contribution in [3.8, 4) is 5.75 Å². The molecular weight excluding hydrogens is 264 g/mol. The van der Waals surface area contributed by atoms with E-state index in [0.717, 1.165) is 12.2 Å². The van der Waals surface area contributed by atoms with E-state index in [1.807, 2.05) is 6.07 Å². The summed E-state index contributed by atoms with van der Waals surface area (Å²) < 4.78 is 5.70. The first-order valence-electron chi connectivity index (χ1n) is 5.89. The molecule has 0 bridgehead atoms. The van der Waals surface area contributed by atoms with Gasteiger partial charge in [0.2, 0.25) is 0 Å². The largest absolute Gasteiger partial charge is 0.491 e. The molecule has 1 aromatic carbocycles. The minimum Gasteiger partial charge on any atom is -0.491 e. The molecule has 0 saturated heterocycles. The Balaban J connectivity index is 2.73. The van der Waals surface area contributed by atoms with Gasteiger partial charge in [0, 0.05) is 4.83 Å². The van der Waals surface area contributed by atoms with Crippen LogP contribution in [0, 0.1) is 0 Å². The topological polar surface area (TPSA) is 9.23 Å². The van der Waals surface area contributed by atoms with E-state index in [1.54, 1.807) is 0 Å². The maximum atomic E-state index is 5.70. The van der Waals surface area contributed by atoms with Crippen LogP contribution in [-0.4, -0.2) is 10.9 Å². The molecule has 0 aromatic heterocycles. The van der Waals surface area contributed by atoms with Crippen LogP contribution in [0.1, 0.15) is 45.6 Å². The van der Waals surface area contributed by atoms with E-state index in [9.17, 15) is 0 Å². The predicted octanol–water partition coefficient (Wildman–Crippen LogP) is 4.75. The Bertz CT molecular complexity index is 320. The number of hydrogen-bond donors (Lipinski definition) is 0. The maximum Gasteiger partial charge on any atom is 0.119 e. The summed E-state index contributed by atoms with van der Waals surface area (Å²) in [5, 5.41) is 0. The number of halogens is 1. The molecule has 2 atom stereocenters. The molecule has 0 N–H and O–H groups in total. The lowest BCUT2D eigenvalue weighted by molar-refractivity contribution is 0.242. The minimum atomic E-state index is 0.237. The summed E-state index contributed by atoms with van der Waals surface area (Å²) in [7, 11) is 0. The Labute approximate surface area is 107 Å². The zero-order valence-electron chi connectivity index (χ0n) is 10.5. The first-order valence-corrected chi connectivity index (χ1v) is 6.81. The molecule has 0 saturated carbocycles. The zero-order chi connectivity index (χ0) is 12.1. The normalized spacial score (nSPS) is 14.9. The molecule has 0 aliphatic carbocycles. The summed E-state index contributed by atoms with van der Waals surface area (Å²) in [5.74, 6) is 1.53. The highest BCUT2D eigenvalue weighted by Gasteiger charge is 2.09. The van der Waals surface area contributed by atoms with Crippen molar-refractivity contribution in [1.82, 2.24) is 0 Å². The van der Waals surface area contributed by atoms with Crippen LogP contribution in [0.4, 0.5) is 0 Å². The Morgan fingerprint density at radius 3 is 2.44 bits per heavy atom. The summed E-state index contributed by atoms with van der Waals surface area (Å²) in [6.45, 7) is 8.55. The van der Waals surface area contributed by atoms with Gasteiger partial charge in [0.1, 0.15) is 5.75 Å². The molecule has 90 valence electrons. The van der Waals surface area contributed by atoms with Gasteiger partial charge >= 0.3 is 0 Å². The lowest BCUT2D eigenvalue weighted by Crippen LogP contribution is -2.06. The second-order valence-electron chi connectivity index (χ2n) is 4.66. The van der Waals surface area contributed by atoms with Crippen molar-refractivity contribution >= 4 is 15.9 Å². The Kier molecular flexibility index (Phi) is 5.33. The third-order valence-corrected chi connectivity index (χ3v) is 2.85. The van der Waals surface area contributed by atoms with E-state index < -0.39 is 0 Å². The average Bonchev–Trinajstić information content (AvgIpc) is 2.16. The molecule has 1 rings (SSSR count). The fraction of sp³-hybridized carbons (Fsp3) is 0.571. The Morgan fingerprint density at radius 2 is 1.88 bits per heavy atom. The fourth-order valence-corrected chi connectivity index (χ4v) is 2.35. The molecule has 2 heteroatoms. The van der Waals surface area contributed by atoms with Crippen molar-refractivity contribution in [2.45, 2.75) is 51.0 Å². The number of ether oxygens (including phenoxy) is 1. The molecule has 16 heavy (non-hydrogen) atoms. The van der Waals surface area contributed by atoms with Crippen LogP contribution < -0.4 is 4.74 Å². The van der Waals surface area contributed by atoms with Gasteiger partial charge in [-0.15, -0.1) is 0 Å². The Hall–Kier alpha value is -0.500. The quantitative estimate of drug-likeness (QED) is 0.709. The highest BCUT2D eigenvalue weighted by molar-refractivity contribution is 9.09. The maximum absolute atomic E-state index is 5.70. The van der Waals surface area contributed by atoms with Gasteiger partial charge in [-0.1, -0.05) is 41.9 Å². The molecule has 0 heterocycles. The van der Waals surface area contributed by atoms with Gasteiger partial charge < -0.3 is 4.74 Å². The van der Waals surface area contributed by atoms with Gasteiger partial charge in [0.25, 0.3) is 0 Å². The number of hydrogen-bond acceptors (Lipinski definition) is 1. The zero-order valence-corrected chi connectivity index (χ0v) is 12.1. The van der Waals surface area contributed by atoms with Gasteiger partial charge in [-0.3, -0.25) is 0 Å². The summed E-state index contributed by atoms with van der Waals surface area (Å²) in [6.07, 6.45) is 1.38. The monoisotopic (exact) mass is 284 g/mol. The molecule has 2 unspecified atom stereocenters. The minimum absolute atomic E-state index is 0.237. The van der Waals surface area contributed by atoms with Crippen LogP contribution in [0.5, 0.6) is 5.75 Å².